The molecule has 3 aliphatic heterocycles. The second kappa shape index (κ2) is 15.5. The Labute approximate surface area is 356 Å². The number of aromatic amines is 2. The van der Waals surface area contributed by atoms with Gasteiger partial charge in [0.2, 0.25) is 18.6 Å². The van der Waals surface area contributed by atoms with Crippen molar-refractivity contribution in [3.8, 4) is 45.1 Å². The molecule has 0 spiro atoms. The zero-order chi connectivity index (χ0) is 42.8. The van der Waals surface area contributed by atoms with Crippen LogP contribution in [0.2, 0.25) is 0 Å². The molecule has 2 aliphatic carbocycles. The van der Waals surface area contributed by atoms with Gasteiger partial charge < -0.3 is 49.3 Å². The summed E-state index contributed by atoms with van der Waals surface area (Å²) in [6.07, 6.45) is 8.60. The molecule has 2 saturated heterocycles. The maximum atomic E-state index is 14.1. The molecule has 5 heterocycles. The van der Waals surface area contributed by atoms with Crippen molar-refractivity contribution >= 4 is 17.9 Å². The maximum Gasteiger partial charge on any atom is 0.407 e. The molecule has 2 aromatic heterocycles. The van der Waals surface area contributed by atoms with Crippen molar-refractivity contribution in [3.05, 3.63) is 72.9 Å². The Balaban J connectivity index is 0.945. The average Bonchev–Trinajstić information content (AvgIpc) is 4.13. The largest absolute Gasteiger partial charge is 0.483 e. The molecule has 2 aromatic carbocycles. The van der Waals surface area contributed by atoms with Crippen molar-refractivity contribution in [1.82, 2.24) is 40.4 Å². The van der Waals surface area contributed by atoms with E-state index in [0.29, 0.717) is 48.0 Å². The summed E-state index contributed by atoms with van der Waals surface area (Å²) >= 11 is 0. The van der Waals surface area contributed by atoms with E-state index in [1.807, 2.05) is 62.0 Å². The number of ether oxygens (including phenoxy) is 4. The van der Waals surface area contributed by atoms with Gasteiger partial charge >= 0.3 is 6.09 Å². The SMILES string of the molecule is C=C(N[C@H](C(=O)N1C[C@@H]2CC[C@@]1(c1nc(-c3ccc(-c4ccc(-c5c[nH]c([C@@]67CC[C@@H](CN6C(=O)[C@@H](NC(=O)OC)C(C)C)C7)n5)c5c4OCO5)cc3)c[nH]1)C2)C(C)C)OC. The topological polar surface area (TPSA) is 176 Å². The molecular weight excluding hydrogens is 777 g/mol. The number of carbonyl (C=O) groups excluding carboxylic acids is 3. The lowest BCUT2D eigenvalue weighted by Gasteiger charge is -2.40. The summed E-state index contributed by atoms with van der Waals surface area (Å²) < 4.78 is 22.3. The van der Waals surface area contributed by atoms with E-state index >= 15 is 0 Å². The van der Waals surface area contributed by atoms with Crippen molar-refractivity contribution in [2.75, 3.05) is 34.1 Å². The van der Waals surface area contributed by atoms with Crippen molar-refractivity contribution in [2.24, 2.45) is 23.7 Å². The molecule has 4 fully saturated rings. The van der Waals surface area contributed by atoms with Gasteiger partial charge in [0, 0.05) is 42.2 Å². The normalized spacial score (nSPS) is 24.4. The Kier molecular flexibility index (Phi) is 10.3. The Bertz CT molecular complexity index is 2350. The summed E-state index contributed by atoms with van der Waals surface area (Å²) in [7, 11) is 2.85. The van der Waals surface area contributed by atoms with Crippen LogP contribution >= 0.6 is 0 Å². The van der Waals surface area contributed by atoms with Crippen LogP contribution in [0.4, 0.5) is 4.79 Å². The van der Waals surface area contributed by atoms with E-state index in [4.69, 9.17) is 28.9 Å². The Morgan fingerprint density at radius 1 is 0.738 bits per heavy atom. The first-order valence-corrected chi connectivity index (χ1v) is 21.5. The Morgan fingerprint density at radius 2 is 1.25 bits per heavy atom. The molecule has 5 aliphatic rings. The average molecular weight is 833 g/mol. The molecule has 9 rings (SSSR count). The van der Waals surface area contributed by atoms with Crippen LogP contribution < -0.4 is 20.1 Å². The lowest BCUT2D eigenvalue weighted by molar-refractivity contribution is -0.141. The minimum absolute atomic E-state index is 0.0399. The fraction of sp³-hybridized carbons (Fsp3) is 0.500. The van der Waals surface area contributed by atoms with Crippen LogP contribution in [-0.4, -0.2) is 93.8 Å². The molecule has 15 nitrogen and oxygen atoms in total. The highest BCUT2D eigenvalue weighted by Crippen LogP contribution is 2.55. The number of alkyl carbamates (subject to hydrolysis) is 1. The maximum absolute atomic E-state index is 14.1. The van der Waals surface area contributed by atoms with Crippen LogP contribution in [-0.2, 0) is 30.1 Å². The molecule has 15 heteroatoms. The number of hydrogen-bond acceptors (Lipinski definition) is 10. The first-order valence-electron chi connectivity index (χ1n) is 21.5. The third-order valence-corrected chi connectivity index (χ3v) is 13.8. The van der Waals surface area contributed by atoms with E-state index in [-0.39, 0.29) is 30.4 Å². The zero-order valence-electron chi connectivity index (χ0n) is 35.8. The molecule has 4 N–H and O–H groups in total. The number of methoxy groups -OCH3 is 2. The van der Waals surface area contributed by atoms with E-state index in [0.717, 1.165) is 78.1 Å². The van der Waals surface area contributed by atoms with Crippen LogP contribution in [0, 0.1) is 23.7 Å². The minimum Gasteiger partial charge on any atom is -0.483 e. The van der Waals surface area contributed by atoms with Gasteiger partial charge in [-0.15, -0.1) is 0 Å². The fourth-order valence-electron chi connectivity index (χ4n) is 10.6. The van der Waals surface area contributed by atoms with Crippen LogP contribution in [0.5, 0.6) is 11.5 Å². The second-order valence-corrected chi connectivity index (χ2v) is 18.1. The van der Waals surface area contributed by atoms with Crippen LogP contribution in [0.25, 0.3) is 33.6 Å². The van der Waals surface area contributed by atoms with Gasteiger partial charge in [-0.3, -0.25) is 9.59 Å². The minimum atomic E-state index is -0.714. The van der Waals surface area contributed by atoms with Crippen molar-refractivity contribution in [2.45, 2.75) is 89.4 Å². The lowest BCUT2D eigenvalue weighted by Crippen LogP contribution is -2.56. The van der Waals surface area contributed by atoms with E-state index < -0.39 is 29.3 Å². The predicted octanol–water partition coefficient (Wildman–Crippen LogP) is 6.65. The Hall–Kier alpha value is -5.99. The number of piperidine rings is 2. The number of H-pyrrole nitrogens is 2. The standard InChI is InChI=1S/C46H56N8O7/c1-25(2)36(49-27(5)58-6)40(55)53-22-28-14-16-45(53,18-28)42-47-20-34(50-42)31-10-8-30(9-11-31)32-12-13-33(39-38(32)60-24-61-39)35-21-48-43(51-35)46-17-15-29(19-46)23-54(46)41(56)37(26(3)4)52-44(57)59-7/h8-13,20-21,25-26,28-29,36-37,49H,5,14-19,22-24H2,1-4,6-7H3,(H,47,50)(H,48,51)(H,52,57)/t28-,29-,36+,37+,45+,46+/m1/s1. The summed E-state index contributed by atoms with van der Waals surface area (Å²) in [6.45, 7) is 13.2. The summed E-state index contributed by atoms with van der Waals surface area (Å²) in [5, 5.41) is 5.95. The second-order valence-electron chi connectivity index (χ2n) is 18.1. The fourth-order valence-corrected chi connectivity index (χ4v) is 10.6. The molecule has 4 aromatic rings. The first kappa shape index (κ1) is 40.4. The van der Waals surface area contributed by atoms with Gasteiger partial charge in [0.1, 0.15) is 34.8 Å². The zero-order valence-corrected chi connectivity index (χ0v) is 35.8. The molecule has 6 atom stereocenters. The molecule has 2 saturated carbocycles. The summed E-state index contributed by atoms with van der Waals surface area (Å²) in [4.78, 5) is 61.4. The van der Waals surface area contributed by atoms with Gasteiger partial charge in [-0.2, -0.15) is 0 Å². The lowest BCUT2D eigenvalue weighted by atomic mass is 9.93. The molecule has 61 heavy (non-hydrogen) atoms. The van der Waals surface area contributed by atoms with Gasteiger partial charge in [-0.1, -0.05) is 52.0 Å². The van der Waals surface area contributed by atoms with Crippen molar-refractivity contribution in [1.29, 1.82) is 0 Å². The van der Waals surface area contributed by atoms with E-state index in [1.165, 1.54) is 7.11 Å². The number of carbonyl (C=O) groups is 3. The molecule has 322 valence electrons. The van der Waals surface area contributed by atoms with E-state index in [2.05, 4.69) is 51.4 Å². The highest BCUT2D eigenvalue weighted by atomic mass is 16.7. The Morgan fingerprint density at radius 3 is 1.79 bits per heavy atom. The van der Waals surface area contributed by atoms with Gasteiger partial charge in [-0.05, 0) is 86.5 Å². The number of benzene rings is 2. The third kappa shape index (κ3) is 6.76. The van der Waals surface area contributed by atoms with Crippen molar-refractivity contribution in [3.63, 3.8) is 0 Å². The third-order valence-electron chi connectivity index (χ3n) is 13.8. The highest BCUT2D eigenvalue weighted by Gasteiger charge is 2.58. The predicted molar refractivity (Wildman–Crippen MR) is 227 cm³/mol. The van der Waals surface area contributed by atoms with Gasteiger partial charge in [0.05, 0.1) is 25.6 Å². The van der Waals surface area contributed by atoms with Crippen LogP contribution in [0.1, 0.15) is 77.9 Å². The van der Waals surface area contributed by atoms with Gasteiger partial charge in [0.25, 0.3) is 0 Å². The summed E-state index contributed by atoms with van der Waals surface area (Å²) in [5.41, 5.74) is 4.04. The smallest absolute Gasteiger partial charge is 0.407 e. The molecule has 4 bridgehead atoms. The van der Waals surface area contributed by atoms with Gasteiger partial charge in [0.15, 0.2) is 17.4 Å². The van der Waals surface area contributed by atoms with Gasteiger partial charge in [-0.25, -0.2) is 14.8 Å². The van der Waals surface area contributed by atoms with Crippen LogP contribution in [0.15, 0.2) is 61.3 Å². The number of aromatic nitrogens is 4. The van der Waals surface area contributed by atoms with Crippen LogP contribution in [0.3, 0.4) is 0 Å². The molecule has 0 radical (unpaired) electrons. The number of hydrogen-bond donors (Lipinski definition) is 4. The van der Waals surface area contributed by atoms with E-state index in [9.17, 15) is 14.4 Å². The molecular formula is C46H56N8O7. The number of imidazole rings is 2. The quantitative estimate of drug-likeness (QED) is 0.107. The number of fused-ring (bicyclic) bond motifs is 5. The molecule has 3 amide bonds. The highest BCUT2D eigenvalue weighted by molar-refractivity contribution is 5.87. The molecule has 0 unspecified atom stereocenters. The van der Waals surface area contributed by atoms with Crippen molar-refractivity contribution < 1.29 is 33.3 Å². The number of amides is 3. The first-order chi connectivity index (χ1) is 29.3. The number of likely N-dealkylation sites (tertiary alicyclic amines) is 2. The monoisotopic (exact) mass is 832 g/mol. The van der Waals surface area contributed by atoms with E-state index in [1.54, 1.807) is 7.11 Å². The number of nitrogens with zero attached hydrogens (tertiary/aromatic N) is 4. The number of rotatable bonds is 13. The summed E-state index contributed by atoms with van der Waals surface area (Å²) in [6, 6.07) is 11.1. The summed E-state index contributed by atoms with van der Waals surface area (Å²) in [5.74, 6) is 3.82. The number of nitrogens with one attached hydrogen (secondary N) is 4.